The van der Waals surface area contributed by atoms with Gasteiger partial charge in [-0.05, 0) is 54.0 Å². The average molecular weight is 476 g/mol. The lowest BCUT2D eigenvalue weighted by Crippen LogP contribution is -2.27. The number of carboxylic acids is 1. The van der Waals surface area contributed by atoms with Crippen LogP contribution in [0.2, 0.25) is 0 Å². The number of aromatic carboxylic acids is 1. The second-order valence-corrected chi connectivity index (χ2v) is 9.29. The SMILES string of the molecule is Cc1ccc(CN2C(=O)C(=Cc3ccc(OCc4ccc(C(=O)O)cc4)cc3)SC2=S)cc1. The molecule has 0 unspecified atom stereocenters. The molecule has 1 heterocycles. The normalized spacial score (nSPS) is 14.7. The van der Waals surface area contributed by atoms with Crippen LogP contribution in [-0.2, 0) is 17.9 Å². The van der Waals surface area contributed by atoms with Gasteiger partial charge < -0.3 is 9.84 Å². The Bertz CT molecular complexity index is 1220. The topological polar surface area (TPSA) is 66.8 Å². The van der Waals surface area contributed by atoms with Gasteiger partial charge in [-0.15, -0.1) is 0 Å². The number of ether oxygens (including phenoxy) is 1. The molecule has 3 aromatic carbocycles. The molecule has 1 aliphatic heterocycles. The summed E-state index contributed by atoms with van der Waals surface area (Å²) in [6.07, 6.45) is 1.84. The van der Waals surface area contributed by atoms with Crippen molar-refractivity contribution in [3.8, 4) is 5.75 Å². The van der Waals surface area contributed by atoms with Gasteiger partial charge in [0.05, 0.1) is 17.0 Å². The minimum atomic E-state index is -0.954. The van der Waals surface area contributed by atoms with Crippen molar-refractivity contribution in [3.05, 3.63) is 106 Å². The first-order valence-corrected chi connectivity index (χ1v) is 11.5. The summed E-state index contributed by atoms with van der Waals surface area (Å²) in [5.41, 5.74) is 4.21. The van der Waals surface area contributed by atoms with E-state index in [2.05, 4.69) is 0 Å². The molecular formula is C26H21NO4S2. The Kier molecular flexibility index (Phi) is 6.91. The summed E-state index contributed by atoms with van der Waals surface area (Å²) >= 11 is 6.74. The van der Waals surface area contributed by atoms with E-state index in [0.717, 1.165) is 16.7 Å². The van der Waals surface area contributed by atoms with Crippen LogP contribution in [0.25, 0.3) is 6.08 Å². The van der Waals surface area contributed by atoms with Gasteiger partial charge in [0.25, 0.3) is 5.91 Å². The second-order valence-electron chi connectivity index (χ2n) is 7.61. The van der Waals surface area contributed by atoms with Crippen LogP contribution in [0.5, 0.6) is 5.75 Å². The van der Waals surface area contributed by atoms with Crippen molar-refractivity contribution in [2.24, 2.45) is 0 Å². The predicted molar refractivity (Wildman–Crippen MR) is 134 cm³/mol. The van der Waals surface area contributed by atoms with Gasteiger partial charge >= 0.3 is 5.97 Å². The molecular weight excluding hydrogens is 454 g/mol. The number of carbonyl (C=O) groups is 2. The summed E-state index contributed by atoms with van der Waals surface area (Å²) in [5.74, 6) is -0.359. The lowest BCUT2D eigenvalue weighted by atomic mass is 10.1. The first-order chi connectivity index (χ1) is 15.9. The third-order valence-corrected chi connectivity index (χ3v) is 6.50. The second kappa shape index (κ2) is 10.0. The predicted octanol–water partition coefficient (Wildman–Crippen LogP) is 5.67. The Morgan fingerprint density at radius 3 is 2.27 bits per heavy atom. The van der Waals surface area contributed by atoms with Crippen LogP contribution < -0.4 is 4.74 Å². The van der Waals surface area contributed by atoms with Crippen molar-refractivity contribution in [3.63, 3.8) is 0 Å². The number of carbonyl (C=O) groups excluding carboxylic acids is 1. The van der Waals surface area contributed by atoms with E-state index in [1.165, 1.54) is 17.3 Å². The van der Waals surface area contributed by atoms with E-state index in [9.17, 15) is 9.59 Å². The van der Waals surface area contributed by atoms with Gasteiger partial charge in [0.1, 0.15) is 16.7 Å². The number of nitrogens with zero attached hydrogens (tertiary/aromatic N) is 1. The summed E-state index contributed by atoms with van der Waals surface area (Å²) in [6.45, 7) is 2.82. The Morgan fingerprint density at radius 2 is 1.64 bits per heavy atom. The number of amides is 1. The lowest BCUT2D eigenvalue weighted by molar-refractivity contribution is -0.122. The molecule has 0 atom stereocenters. The molecule has 0 bridgehead atoms. The molecule has 1 aliphatic rings. The number of carboxylic acid groups (broad SMARTS) is 1. The van der Waals surface area contributed by atoms with E-state index in [1.54, 1.807) is 29.2 Å². The molecule has 0 aromatic heterocycles. The number of hydrogen-bond donors (Lipinski definition) is 1. The first-order valence-electron chi connectivity index (χ1n) is 10.2. The molecule has 0 radical (unpaired) electrons. The number of rotatable bonds is 7. The Hall–Kier alpha value is -3.42. The standard InChI is InChI=1S/C26H21NO4S2/c1-17-2-4-19(5-3-17)15-27-24(28)23(33-26(27)32)14-18-8-12-22(13-9-18)31-16-20-6-10-21(11-7-20)25(29)30/h2-14H,15-16H2,1H3,(H,29,30). The number of thiocarbonyl (C=S) groups is 1. The van der Waals surface area contributed by atoms with Crippen LogP contribution in [-0.4, -0.2) is 26.2 Å². The molecule has 1 amide bonds. The zero-order valence-electron chi connectivity index (χ0n) is 17.9. The molecule has 0 spiro atoms. The highest BCUT2D eigenvalue weighted by Crippen LogP contribution is 2.33. The van der Waals surface area contributed by atoms with Gasteiger partial charge in [-0.1, -0.05) is 78.1 Å². The fraction of sp³-hybridized carbons (Fsp3) is 0.115. The average Bonchev–Trinajstić information content (AvgIpc) is 3.07. The Morgan fingerprint density at radius 1 is 1.00 bits per heavy atom. The number of benzene rings is 3. The molecule has 3 aromatic rings. The molecule has 0 aliphatic carbocycles. The highest BCUT2D eigenvalue weighted by Gasteiger charge is 2.31. The smallest absolute Gasteiger partial charge is 0.335 e. The van der Waals surface area contributed by atoms with Crippen LogP contribution in [0.4, 0.5) is 0 Å². The van der Waals surface area contributed by atoms with E-state index in [-0.39, 0.29) is 11.5 Å². The van der Waals surface area contributed by atoms with Gasteiger partial charge in [0, 0.05) is 0 Å². The Balaban J connectivity index is 1.37. The van der Waals surface area contributed by atoms with Crippen molar-refractivity contribution < 1.29 is 19.4 Å². The van der Waals surface area contributed by atoms with Gasteiger partial charge in [0.2, 0.25) is 0 Å². The molecule has 4 rings (SSSR count). The van der Waals surface area contributed by atoms with Crippen molar-refractivity contribution in [1.29, 1.82) is 0 Å². The van der Waals surface area contributed by atoms with Crippen molar-refractivity contribution in [2.45, 2.75) is 20.1 Å². The Labute approximate surface area is 201 Å². The fourth-order valence-corrected chi connectivity index (χ4v) is 4.49. The van der Waals surface area contributed by atoms with Crippen LogP contribution >= 0.6 is 24.0 Å². The number of aryl methyl sites for hydroxylation is 1. The van der Waals surface area contributed by atoms with Gasteiger partial charge in [0.15, 0.2) is 0 Å². The molecule has 33 heavy (non-hydrogen) atoms. The molecule has 1 N–H and O–H groups in total. The maximum atomic E-state index is 12.9. The zero-order valence-corrected chi connectivity index (χ0v) is 19.5. The van der Waals surface area contributed by atoms with E-state index in [0.29, 0.717) is 28.1 Å². The van der Waals surface area contributed by atoms with Gasteiger partial charge in [-0.2, -0.15) is 0 Å². The van der Waals surface area contributed by atoms with Crippen molar-refractivity contribution >= 4 is 46.3 Å². The van der Waals surface area contributed by atoms with Crippen molar-refractivity contribution in [1.82, 2.24) is 4.90 Å². The van der Waals surface area contributed by atoms with Crippen LogP contribution in [0, 0.1) is 6.92 Å². The molecule has 1 saturated heterocycles. The van der Waals surface area contributed by atoms with Crippen molar-refractivity contribution in [2.75, 3.05) is 0 Å². The molecule has 1 fully saturated rings. The van der Waals surface area contributed by atoms with E-state index < -0.39 is 5.97 Å². The first kappa shape index (κ1) is 22.8. The van der Waals surface area contributed by atoms with E-state index in [1.807, 2.05) is 61.5 Å². The van der Waals surface area contributed by atoms with Gasteiger partial charge in [-0.3, -0.25) is 9.69 Å². The van der Waals surface area contributed by atoms with E-state index >= 15 is 0 Å². The maximum Gasteiger partial charge on any atom is 0.335 e. The maximum absolute atomic E-state index is 12.9. The molecule has 5 nitrogen and oxygen atoms in total. The highest BCUT2D eigenvalue weighted by molar-refractivity contribution is 8.26. The molecule has 0 saturated carbocycles. The zero-order chi connectivity index (χ0) is 23.4. The summed E-state index contributed by atoms with van der Waals surface area (Å²) < 4.78 is 6.33. The van der Waals surface area contributed by atoms with Crippen LogP contribution in [0.15, 0.2) is 77.7 Å². The fourth-order valence-electron chi connectivity index (χ4n) is 3.23. The quantitative estimate of drug-likeness (QED) is 0.351. The number of thioether (sulfide) groups is 1. The highest BCUT2D eigenvalue weighted by atomic mass is 32.2. The summed E-state index contributed by atoms with van der Waals surface area (Å²) in [6, 6.07) is 22.1. The number of hydrogen-bond acceptors (Lipinski definition) is 5. The minimum absolute atomic E-state index is 0.0873. The third-order valence-electron chi connectivity index (χ3n) is 5.12. The third kappa shape index (κ3) is 5.69. The van der Waals surface area contributed by atoms with E-state index in [4.69, 9.17) is 22.1 Å². The van der Waals surface area contributed by atoms with Gasteiger partial charge in [-0.25, -0.2) is 4.79 Å². The minimum Gasteiger partial charge on any atom is -0.489 e. The monoisotopic (exact) mass is 475 g/mol. The molecule has 166 valence electrons. The van der Waals surface area contributed by atoms with Crippen LogP contribution in [0.1, 0.15) is 32.6 Å². The summed E-state index contributed by atoms with van der Waals surface area (Å²) in [7, 11) is 0. The van der Waals surface area contributed by atoms with Crippen LogP contribution in [0.3, 0.4) is 0 Å². The summed E-state index contributed by atoms with van der Waals surface area (Å²) in [4.78, 5) is 26.0. The largest absolute Gasteiger partial charge is 0.489 e. The lowest BCUT2D eigenvalue weighted by Gasteiger charge is -2.14. The molecule has 7 heteroatoms. The summed E-state index contributed by atoms with van der Waals surface area (Å²) in [5, 5.41) is 8.96.